The second-order valence-electron chi connectivity index (χ2n) is 11.6. The molecule has 0 amide bonds. The summed E-state index contributed by atoms with van der Waals surface area (Å²) in [5, 5.41) is 14.4. The fourth-order valence-electron chi connectivity index (χ4n) is 7.01. The van der Waals surface area contributed by atoms with Gasteiger partial charge in [-0.25, -0.2) is 4.98 Å². The fourth-order valence-corrected chi connectivity index (χ4v) is 7.01. The number of hydrogen-bond donors (Lipinski definition) is 0. The average Bonchev–Trinajstić information content (AvgIpc) is 3.65. The van der Waals surface area contributed by atoms with Crippen LogP contribution in [0.2, 0.25) is 0 Å². The zero-order valence-electron chi connectivity index (χ0n) is 24.8. The van der Waals surface area contributed by atoms with Crippen molar-refractivity contribution in [1.29, 1.82) is 5.26 Å². The Bertz CT molecular complexity index is 2430. The Morgan fingerprint density at radius 1 is 0.457 bits per heavy atom. The van der Waals surface area contributed by atoms with Crippen LogP contribution in [0.25, 0.3) is 77.4 Å². The van der Waals surface area contributed by atoms with Crippen LogP contribution in [0.3, 0.4) is 0 Å². The first-order chi connectivity index (χ1) is 22.8. The van der Waals surface area contributed by atoms with Crippen molar-refractivity contribution < 1.29 is 0 Å². The van der Waals surface area contributed by atoms with Crippen LogP contribution in [-0.2, 0) is 0 Å². The molecule has 0 bridgehead atoms. The van der Waals surface area contributed by atoms with Gasteiger partial charge in [-0.15, -0.1) is 0 Å². The van der Waals surface area contributed by atoms with Crippen LogP contribution < -0.4 is 0 Å². The zero-order chi connectivity index (χ0) is 30.6. The average molecular weight is 587 g/mol. The smallest absolute Gasteiger partial charge is 0.145 e. The van der Waals surface area contributed by atoms with Crippen molar-refractivity contribution in [2.75, 3.05) is 0 Å². The number of hydrogen-bond acceptors (Lipinski definition) is 2. The normalized spacial score (nSPS) is 11.5. The molecule has 0 spiro atoms. The molecular weight excluding hydrogens is 560 g/mol. The number of nitriles is 1. The molecule has 0 atom stereocenters. The summed E-state index contributed by atoms with van der Waals surface area (Å²) in [6, 6.07) is 55.4. The van der Waals surface area contributed by atoms with E-state index in [1.807, 2.05) is 30.5 Å². The summed E-state index contributed by atoms with van der Waals surface area (Å²) >= 11 is 0. The van der Waals surface area contributed by atoms with Gasteiger partial charge in [-0.05, 0) is 82.9 Å². The van der Waals surface area contributed by atoms with Crippen LogP contribution in [0.1, 0.15) is 5.56 Å². The van der Waals surface area contributed by atoms with Crippen LogP contribution in [0.5, 0.6) is 0 Å². The van der Waals surface area contributed by atoms with Gasteiger partial charge in [-0.1, -0.05) is 91.0 Å². The lowest BCUT2D eigenvalue weighted by atomic mass is 9.93. The van der Waals surface area contributed by atoms with Gasteiger partial charge >= 0.3 is 0 Å². The van der Waals surface area contributed by atoms with Crippen LogP contribution in [0, 0.1) is 11.3 Å². The number of rotatable bonds is 4. The Morgan fingerprint density at radius 3 is 1.67 bits per heavy atom. The first-order valence-corrected chi connectivity index (χ1v) is 15.4. The molecule has 214 valence electrons. The summed E-state index contributed by atoms with van der Waals surface area (Å²) in [6.45, 7) is 0. The SMILES string of the molecule is N#Cc1cccc(-c2ccccc2-c2cc(-n3c4ccccc4c4ccccc43)cc(-n3c4ccccc4c4cccnc43)c2)c1. The van der Waals surface area contributed by atoms with Crippen LogP contribution in [0.15, 0.2) is 158 Å². The first-order valence-electron chi connectivity index (χ1n) is 15.4. The molecule has 0 radical (unpaired) electrons. The fraction of sp³-hybridized carbons (Fsp3) is 0. The topological polar surface area (TPSA) is 46.5 Å². The largest absolute Gasteiger partial charge is 0.309 e. The van der Waals surface area contributed by atoms with E-state index >= 15 is 0 Å². The molecule has 3 aromatic heterocycles. The van der Waals surface area contributed by atoms with E-state index in [1.54, 1.807) is 0 Å². The van der Waals surface area contributed by atoms with Crippen molar-refractivity contribution in [1.82, 2.24) is 14.1 Å². The number of fused-ring (bicyclic) bond motifs is 6. The molecule has 4 heteroatoms. The van der Waals surface area contributed by atoms with Gasteiger partial charge in [0, 0.05) is 33.4 Å². The molecule has 0 aliphatic carbocycles. The van der Waals surface area contributed by atoms with Crippen molar-refractivity contribution >= 4 is 43.7 Å². The number of nitrogens with zero attached hydrogens (tertiary/aromatic N) is 4. The minimum absolute atomic E-state index is 0.642. The lowest BCUT2D eigenvalue weighted by Gasteiger charge is -2.17. The molecule has 6 aromatic carbocycles. The molecule has 4 nitrogen and oxygen atoms in total. The Morgan fingerprint density at radius 2 is 1.00 bits per heavy atom. The van der Waals surface area contributed by atoms with Crippen LogP contribution in [-0.4, -0.2) is 14.1 Å². The molecule has 0 N–H and O–H groups in total. The van der Waals surface area contributed by atoms with E-state index in [-0.39, 0.29) is 0 Å². The standard InChI is InChI=1S/C42H26N4/c43-27-28-11-9-12-29(23-28)33-13-1-2-14-34(33)30-24-31(45-39-19-6-3-15-35(39)36-16-4-7-20-40(36)45)26-32(25-30)46-41-21-8-5-17-37(41)38-18-10-22-44-42(38)46/h1-26H. The summed E-state index contributed by atoms with van der Waals surface area (Å²) in [7, 11) is 0. The van der Waals surface area contributed by atoms with Gasteiger partial charge in [0.05, 0.1) is 33.9 Å². The molecule has 3 heterocycles. The van der Waals surface area contributed by atoms with Gasteiger partial charge in [-0.2, -0.15) is 5.26 Å². The Kier molecular flexibility index (Phi) is 5.84. The maximum atomic E-state index is 9.66. The summed E-state index contributed by atoms with van der Waals surface area (Å²) in [5.41, 5.74) is 11.3. The van der Waals surface area contributed by atoms with E-state index in [9.17, 15) is 5.26 Å². The Labute approximate surface area is 265 Å². The third-order valence-corrected chi connectivity index (χ3v) is 8.97. The van der Waals surface area contributed by atoms with E-state index in [2.05, 4.69) is 143 Å². The molecule has 0 saturated heterocycles. The first kappa shape index (κ1) is 26.0. The number of pyridine rings is 1. The van der Waals surface area contributed by atoms with Crippen molar-refractivity contribution in [2.45, 2.75) is 0 Å². The summed E-state index contributed by atoms with van der Waals surface area (Å²) < 4.78 is 4.66. The highest BCUT2D eigenvalue weighted by Gasteiger charge is 2.18. The molecular formula is C42H26N4. The zero-order valence-corrected chi connectivity index (χ0v) is 24.8. The predicted octanol–water partition coefficient (Wildman–Crippen LogP) is 10.5. The van der Waals surface area contributed by atoms with Gasteiger partial charge in [-0.3, -0.25) is 4.57 Å². The molecule has 0 unspecified atom stereocenters. The molecule has 9 rings (SSSR count). The number of aromatic nitrogens is 3. The van der Waals surface area contributed by atoms with Crippen LogP contribution in [0.4, 0.5) is 0 Å². The monoisotopic (exact) mass is 586 g/mol. The molecule has 0 aliphatic rings. The van der Waals surface area contributed by atoms with Crippen molar-refractivity contribution in [3.63, 3.8) is 0 Å². The van der Waals surface area contributed by atoms with Gasteiger partial charge in [0.25, 0.3) is 0 Å². The quantitative estimate of drug-likeness (QED) is 0.206. The lowest BCUT2D eigenvalue weighted by Crippen LogP contribution is -2.01. The lowest BCUT2D eigenvalue weighted by molar-refractivity contribution is 1.11. The second-order valence-corrected chi connectivity index (χ2v) is 11.6. The molecule has 0 fully saturated rings. The number of para-hydroxylation sites is 3. The number of benzene rings is 6. The molecule has 46 heavy (non-hydrogen) atoms. The third-order valence-electron chi connectivity index (χ3n) is 8.97. The van der Waals surface area contributed by atoms with Gasteiger partial charge < -0.3 is 4.57 Å². The Balaban J connectivity index is 1.40. The maximum Gasteiger partial charge on any atom is 0.145 e. The summed E-state index contributed by atoms with van der Waals surface area (Å²) in [6.07, 6.45) is 1.87. The van der Waals surface area contributed by atoms with E-state index in [4.69, 9.17) is 4.98 Å². The van der Waals surface area contributed by atoms with Gasteiger partial charge in [0.2, 0.25) is 0 Å². The predicted molar refractivity (Wildman–Crippen MR) is 189 cm³/mol. The molecule has 0 aliphatic heterocycles. The highest BCUT2D eigenvalue weighted by molar-refractivity contribution is 6.10. The summed E-state index contributed by atoms with van der Waals surface area (Å²) in [4.78, 5) is 4.90. The van der Waals surface area contributed by atoms with Gasteiger partial charge in [0.1, 0.15) is 5.65 Å². The van der Waals surface area contributed by atoms with E-state index in [0.717, 1.165) is 61.2 Å². The highest BCUT2D eigenvalue weighted by atomic mass is 15.1. The van der Waals surface area contributed by atoms with Crippen LogP contribution >= 0.6 is 0 Å². The van der Waals surface area contributed by atoms with Crippen molar-refractivity contribution in [3.05, 3.63) is 163 Å². The molecule has 0 saturated carbocycles. The van der Waals surface area contributed by atoms with Crippen molar-refractivity contribution in [3.8, 4) is 39.7 Å². The van der Waals surface area contributed by atoms with Gasteiger partial charge in [0.15, 0.2) is 0 Å². The van der Waals surface area contributed by atoms with E-state index in [0.29, 0.717) is 5.56 Å². The molecule has 9 aromatic rings. The Hall–Kier alpha value is -6.44. The van der Waals surface area contributed by atoms with E-state index < -0.39 is 0 Å². The summed E-state index contributed by atoms with van der Waals surface area (Å²) in [5.74, 6) is 0. The minimum atomic E-state index is 0.642. The minimum Gasteiger partial charge on any atom is -0.309 e. The third kappa shape index (κ3) is 3.96. The van der Waals surface area contributed by atoms with E-state index in [1.165, 1.54) is 16.2 Å². The highest BCUT2D eigenvalue weighted by Crippen LogP contribution is 2.39. The second kappa shape index (κ2) is 10.3. The maximum absolute atomic E-state index is 9.66. The van der Waals surface area contributed by atoms with Crippen molar-refractivity contribution in [2.24, 2.45) is 0 Å².